The minimum Gasteiger partial charge on any atom is -0.267 e. The summed E-state index contributed by atoms with van der Waals surface area (Å²) in [5.41, 5.74) is 1.32. The fraction of sp³-hybridized carbons (Fsp3) is 0.615. The van der Waals surface area contributed by atoms with Gasteiger partial charge in [-0.25, -0.2) is 4.68 Å². The Labute approximate surface area is 102 Å². The smallest absolute Gasteiger partial charge is 0.267 e. The minimum atomic E-state index is -0.121. The number of nitrogens with zero attached hydrogens (tertiary/aromatic N) is 3. The molecule has 1 rings (SSSR count). The van der Waals surface area contributed by atoms with Crippen LogP contribution in [-0.4, -0.2) is 9.78 Å². The standard InChI is InChI=1S/C13H19N3O/c1-4-5-8-16-13(17)11(6-7-14)9-12(15-16)10(2)3/h9-10H,4-6,8H2,1-3H3. The first-order chi connectivity index (χ1) is 8.10. The van der Waals surface area contributed by atoms with E-state index in [0.717, 1.165) is 18.5 Å². The number of hydrogen-bond acceptors (Lipinski definition) is 3. The van der Waals surface area contributed by atoms with Crippen LogP contribution in [0.3, 0.4) is 0 Å². The van der Waals surface area contributed by atoms with E-state index in [4.69, 9.17) is 5.26 Å². The van der Waals surface area contributed by atoms with Crippen molar-refractivity contribution in [2.24, 2.45) is 0 Å². The second-order valence-corrected chi connectivity index (χ2v) is 4.47. The third-order valence-electron chi connectivity index (χ3n) is 2.65. The second-order valence-electron chi connectivity index (χ2n) is 4.47. The molecule has 0 fully saturated rings. The molecular weight excluding hydrogens is 214 g/mol. The quantitative estimate of drug-likeness (QED) is 0.783. The lowest BCUT2D eigenvalue weighted by Gasteiger charge is -2.10. The molecule has 0 saturated heterocycles. The molecule has 0 N–H and O–H groups in total. The first kappa shape index (κ1) is 13.4. The average Bonchev–Trinajstić information content (AvgIpc) is 2.30. The summed E-state index contributed by atoms with van der Waals surface area (Å²) < 4.78 is 1.51. The Balaban J connectivity index is 3.18. The summed E-state index contributed by atoms with van der Waals surface area (Å²) in [6.07, 6.45) is 2.11. The third kappa shape index (κ3) is 3.42. The molecule has 1 heterocycles. The molecule has 0 aliphatic carbocycles. The first-order valence-corrected chi connectivity index (χ1v) is 6.08. The monoisotopic (exact) mass is 233 g/mol. The number of rotatable bonds is 5. The maximum atomic E-state index is 12.0. The molecule has 0 saturated carbocycles. The Kier molecular flexibility index (Phi) is 4.89. The zero-order valence-electron chi connectivity index (χ0n) is 10.7. The summed E-state index contributed by atoms with van der Waals surface area (Å²) >= 11 is 0. The Morgan fingerprint density at radius 1 is 1.53 bits per heavy atom. The lowest BCUT2D eigenvalue weighted by molar-refractivity contribution is 0.522. The molecule has 0 unspecified atom stereocenters. The average molecular weight is 233 g/mol. The molecule has 0 amide bonds. The summed E-state index contributed by atoms with van der Waals surface area (Å²) in [5, 5.41) is 13.1. The lowest BCUT2D eigenvalue weighted by Crippen LogP contribution is -2.27. The van der Waals surface area contributed by atoms with Gasteiger partial charge in [0.1, 0.15) is 0 Å². The van der Waals surface area contributed by atoms with Crippen LogP contribution < -0.4 is 5.56 Å². The van der Waals surface area contributed by atoms with E-state index < -0.39 is 0 Å². The van der Waals surface area contributed by atoms with Crippen LogP contribution in [0.15, 0.2) is 10.9 Å². The fourth-order valence-corrected chi connectivity index (χ4v) is 1.57. The molecule has 92 valence electrons. The van der Waals surface area contributed by atoms with Crippen molar-refractivity contribution < 1.29 is 0 Å². The topological polar surface area (TPSA) is 58.7 Å². The van der Waals surface area contributed by atoms with E-state index in [1.807, 2.05) is 19.9 Å². The molecule has 0 radical (unpaired) electrons. The summed E-state index contributed by atoms with van der Waals surface area (Å²) in [4.78, 5) is 12.0. The first-order valence-electron chi connectivity index (χ1n) is 6.08. The zero-order valence-corrected chi connectivity index (χ0v) is 10.7. The second kappa shape index (κ2) is 6.19. The van der Waals surface area contributed by atoms with E-state index in [1.165, 1.54) is 4.68 Å². The van der Waals surface area contributed by atoms with Crippen molar-refractivity contribution in [2.45, 2.75) is 52.5 Å². The highest BCUT2D eigenvalue weighted by Gasteiger charge is 2.10. The van der Waals surface area contributed by atoms with Gasteiger partial charge in [0, 0.05) is 12.1 Å². The van der Waals surface area contributed by atoms with E-state index in [2.05, 4.69) is 12.0 Å². The molecule has 0 aromatic carbocycles. The van der Waals surface area contributed by atoms with Crippen molar-refractivity contribution in [1.29, 1.82) is 5.26 Å². The Morgan fingerprint density at radius 3 is 2.76 bits per heavy atom. The Hall–Kier alpha value is -1.63. The van der Waals surface area contributed by atoms with Crippen LogP contribution in [0.1, 0.15) is 50.8 Å². The van der Waals surface area contributed by atoms with Crippen LogP contribution in [0.2, 0.25) is 0 Å². The van der Waals surface area contributed by atoms with Gasteiger partial charge in [-0.2, -0.15) is 10.4 Å². The van der Waals surface area contributed by atoms with Crippen LogP contribution in [-0.2, 0) is 13.0 Å². The van der Waals surface area contributed by atoms with Crippen LogP contribution in [0.25, 0.3) is 0 Å². The minimum absolute atomic E-state index is 0.121. The van der Waals surface area contributed by atoms with Gasteiger partial charge in [-0.15, -0.1) is 0 Å². The highest BCUT2D eigenvalue weighted by Crippen LogP contribution is 2.11. The van der Waals surface area contributed by atoms with Crippen LogP contribution >= 0.6 is 0 Å². The largest absolute Gasteiger partial charge is 0.271 e. The molecule has 0 spiro atoms. The van der Waals surface area contributed by atoms with Crippen LogP contribution in [0.5, 0.6) is 0 Å². The van der Waals surface area contributed by atoms with E-state index in [0.29, 0.717) is 12.1 Å². The third-order valence-corrected chi connectivity index (χ3v) is 2.65. The van der Waals surface area contributed by atoms with Gasteiger partial charge in [-0.05, 0) is 18.4 Å². The summed E-state index contributed by atoms with van der Waals surface area (Å²) in [7, 11) is 0. The zero-order chi connectivity index (χ0) is 12.8. The summed E-state index contributed by atoms with van der Waals surface area (Å²) in [5.74, 6) is 0.265. The van der Waals surface area contributed by atoms with Crippen molar-refractivity contribution in [3.05, 3.63) is 27.7 Å². The predicted octanol–water partition coefficient (Wildman–Crippen LogP) is 2.23. The molecule has 1 aromatic heterocycles. The Bertz CT molecular complexity index is 469. The van der Waals surface area contributed by atoms with Crippen molar-refractivity contribution in [1.82, 2.24) is 9.78 Å². The Morgan fingerprint density at radius 2 is 2.24 bits per heavy atom. The SMILES string of the molecule is CCCCn1nc(C(C)C)cc(CC#N)c1=O. The number of aryl methyl sites for hydroxylation is 1. The maximum Gasteiger partial charge on any atom is 0.271 e. The molecule has 1 aromatic rings. The van der Waals surface area contributed by atoms with Gasteiger partial charge in [0.15, 0.2) is 0 Å². The van der Waals surface area contributed by atoms with Gasteiger partial charge in [0.05, 0.1) is 18.2 Å². The van der Waals surface area contributed by atoms with Crippen LogP contribution in [0.4, 0.5) is 0 Å². The number of aromatic nitrogens is 2. The van der Waals surface area contributed by atoms with E-state index in [9.17, 15) is 4.79 Å². The number of unbranched alkanes of at least 4 members (excludes halogenated alkanes) is 1. The van der Waals surface area contributed by atoms with Crippen molar-refractivity contribution >= 4 is 0 Å². The predicted molar refractivity (Wildman–Crippen MR) is 66.8 cm³/mol. The van der Waals surface area contributed by atoms with Gasteiger partial charge in [0.2, 0.25) is 0 Å². The van der Waals surface area contributed by atoms with Gasteiger partial charge in [0.25, 0.3) is 5.56 Å². The molecule has 0 aliphatic rings. The summed E-state index contributed by atoms with van der Waals surface area (Å²) in [6, 6.07) is 3.80. The van der Waals surface area contributed by atoms with E-state index in [-0.39, 0.29) is 17.9 Å². The number of nitriles is 1. The van der Waals surface area contributed by atoms with Crippen molar-refractivity contribution in [3.63, 3.8) is 0 Å². The molecule has 0 atom stereocenters. The van der Waals surface area contributed by atoms with Crippen molar-refractivity contribution in [3.8, 4) is 6.07 Å². The van der Waals surface area contributed by atoms with Crippen molar-refractivity contribution in [2.75, 3.05) is 0 Å². The molecular formula is C13H19N3O. The molecule has 0 bridgehead atoms. The highest BCUT2D eigenvalue weighted by molar-refractivity contribution is 5.19. The highest BCUT2D eigenvalue weighted by atomic mass is 16.1. The molecule has 4 heteroatoms. The lowest BCUT2D eigenvalue weighted by atomic mass is 10.1. The number of hydrogen-bond donors (Lipinski definition) is 0. The van der Waals surface area contributed by atoms with Gasteiger partial charge in [-0.3, -0.25) is 4.79 Å². The molecule has 17 heavy (non-hydrogen) atoms. The maximum absolute atomic E-state index is 12.0. The van der Waals surface area contributed by atoms with Crippen LogP contribution in [0, 0.1) is 11.3 Å². The van der Waals surface area contributed by atoms with Gasteiger partial charge >= 0.3 is 0 Å². The fourth-order valence-electron chi connectivity index (χ4n) is 1.57. The molecule has 4 nitrogen and oxygen atoms in total. The van der Waals surface area contributed by atoms with Gasteiger partial charge in [-0.1, -0.05) is 27.2 Å². The van der Waals surface area contributed by atoms with Gasteiger partial charge < -0.3 is 0 Å². The van der Waals surface area contributed by atoms with E-state index in [1.54, 1.807) is 6.07 Å². The normalized spacial score (nSPS) is 10.5. The van der Waals surface area contributed by atoms with E-state index >= 15 is 0 Å². The summed E-state index contributed by atoms with van der Waals surface area (Å²) in [6.45, 7) is 6.78. The molecule has 0 aliphatic heterocycles.